The summed E-state index contributed by atoms with van der Waals surface area (Å²) in [5.74, 6) is -1.45. The van der Waals surface area contributed by atoms with E-state index in [1.54, 1.807) is 6.08 Å². The SMILES string of the molecule is C=C[C@@]1(C)CC(=O)[C@@H]2[C@@]3(C)CCCC(C)(C)[C@@H]3[C@H](OC(C)=O)[C@H](OC(C)=O)[C@@]2(C)O1. The lowest BCUT2D eigenvalue weighted by molar-refractivity contribution is -0.308. The number of carbonyl (C=O) groups is 3. The maximum atomic E-state index is 13.7. The van der Waals surface area contributed by atoms with Crippen LogP contribution in [-0.4, -0.2) is 41.1 Å². The van der Waals surface area contributed by atoms with Crippen molar-refractivity contribution in [2.45, 2.75) is 97.6 Å². The number of hydrogen-bond donors (Lipinski definition) is 0. The summed E-state index contributed by atoms with van der Waals surface area (Å²) in [5, 5.41) is 0. The van der Waals surface area contributed by atoms with Gasteiger partial charge in [0.25, 0.3) is 0 Å². The van der Waals surface area contributed by atoms with Gasteiger partial charge in [0.1, 0.15) is 17.5 Å². The highest BCUT2D eigenvalue weighted by molar-refractivity contribution is 5.86. The Morgan fingerprint density at radius 3 is 2.20 bits per heavy atom. The second kappa shape index (κ2) is 7.18. The molecule has 30 heavy (non-hydrogen) atoms. The second-order valence-electron chi connectivity index (χ2n) is 10.8. The number of ketones is 1. The van der Waals surface area contributed by atoms with Crippen LogP contribution in [0.25, 0.3) is 0 Å². The molecule has 3 rings (SSSR count). The number of ether oxygens (including phenoxy) is 3. The van der Waals surface area contributed by atoms with Crippen molar-refractivity contribution in [2.75, 3.05) is 0 Å². The van der Waals surface area contributed by atoms with E-state index in [1.165, 1.54) is 13.8 Å². The lowest BCUT2D eigenvalue weighted by Gasteiger charge is -2.67. The Balaban J connectivity index is 2.26. The standard InChI is InChI=1S/C24H36O6/c1-9-22(6)13-16(27)18-23(7)12-10-11-21(4,5)19(23)17(28-14(2)25)20(29-15(3)26)24(18,8)30-22/h9,17-20H,1,10-13H2,2-8H3/t17-,18+,19-,20-,22-,23+,24-/m0/s1. The Labute approximate surface area is 179 Å². The van der Waals surface area contributed by atoms with E-state index in [-0.39, 0.29) is 23.5 Å². The minimum Gasteiger partial charge on any atom is -0.458 e. The van der Waals surface area contributed by atoms with Gasteiger partial charge in [-0.05, 0) is 37.5 Å². The van der Waals surface area contributed by atoms with Crippen LogP contribution in [0.5, 0.6) is 0 Å². The van der Waals surface area contributed by atoms with E-state index in [2.05, 4.69) is 27.4 Å². The zero-order valence-electron chi connectivity index (χ0n) is 19.4. The molecule has 2 aliphatic carbocycles. The zero-order valence-corrected chi connectivity index (χ0v) is 19.4. The average Bonchev–Trinajstić information content (AvgIpc) is 2.55. The number of rotatable bonds is 3. The third-order valence-electron chi connectivity index (χ3n) is 7.84. The van der Waals surface area contributed by atoms with Crippen molar-refractivity contribution in [1.29, 1.82) is 0 Å². The van der Waals surface area contributed by atoms with Gasteiger partial charge in [-0.1, -0.05) is 33.3 Å². The topological polar surface area (TPSA) is 78.9 Å². The van der Waals surface area contributed by atoms with Crippen LogP contribution in [0, 0.1) is 22.7 Å². The van der Waals surface area contributed by atoms with Gasteiger partial charge in [0, 0.05) is 26.2 Å². The van der Waals surface area contributed by atoms with E-state index in [4.69, 9.17) is 14.2 Å². The Morgan fingerprint density at radius 1 is 1.07 bits per heavy atom. The molecule has 1 saturated heterocycles. The Kier molecular flexibility index (Phi) is 5.50. The van der Waals surface area contributed by atoms with Crippen molar-refractivity contribution < 1.29 is 28.6 Å². The van der Waals surface area contributed by atoms with Crippen LogP contribution in [0.4, 0.5) is 0 Å². The smallest absolute Gasteiger partial charge is 0.303 e. The summed E-state index contributed by atoms with van der Waals surface area (Å²) in [7, 11) is 0. The van der Waals surface area contributed by atoms with E-state index >= 15 is 0 Å². The minimum atomic E-state index is -1.14. The highest BCUT2D eigenvalue weighted by atomic mass is 16.6. The van der Waals surface area contributed by atoms with Crippen LogP contribution >= 0.6 is 0 Å². The monoisotopic (exact) mass is 420 g/mol. The molecule has 0 amide bonds. The summed E-state index contributed by atoms with van der Waals surface area (Å²) in [6.45, 7) is 16.7. The molecule has 0 aromatic heterocycles. The van der Waals surface area contributed by atoms with E-state index in [0.717, 1.165) is 19.3 Å². The number of Topliss-reactive ketones (excluding diaryl/α,β-unsaturated/α-hetero) is 1. The van der Waals surface area contributed by atoms with Crippen molar-refractivity contribution in [2.24, 2.45) is 22.7 Å². The quantitative estimate of drug-likeness (QED) is 0.507. The molecular weight excluding hydrogens is 384 g/mol. The molecule has 1 heterocycles. The van der Waals surface area contributed by atoms with Gasteiger partial charge in [-0.2, -0.15) is 0 Å². The number of carbonyl (C=O) groups excluding carboxylic acids is 3. The molecule has 0 spiro atoms. The summed E-state index contributed by atoms with van der Waals surface area (Å²) in [6.07, 6.45) is 3.02. The molecule has 6 nitrogen and oxygen atoms in total. The van der Waals surface area contributed by atoms with Gasteiger partial charge in [0.15, 0.2) is 6.10 Å². The first-order chi connectivity index (χ1) is 13.7. The highest BCUT2D eigenvalue weighted by Crippen LogP contribution is 2.65. The largest absolute Gasteiger partial charge is 0.458 e. The summed E-state index contributed by atoms with van der Waals surface area (Å²) >= 11 is 0. The predicted molar refractivity (Wildman–Crippen MR) is 112 cm³/mol. The third kappa shape index (κ3) is 3.41. The van der Waals surface area contributed by atoms with Crippen molar-refractivity contribution in [3.63, 3.8) is 0 Å². The fourth-order valence-corrected chi connectivity index (χ4v) is 7.18. The molecule has 0 unspecified atom stereocenters. The summed E-state index contributed by atoms with van der Waals surface area (Å²) < 4.78 is 18.3. The fourth-order valence-electron chi connectivity index (χ4n) is 7.18. The third-order valence-corrected chi connectivity index (χ3v) is 7.84. The lowest BCUT2D eigenvalue weighted by atomic mass is 9.42. The fraction of sp³-hybridized carbons (Fsp3) is 0.792. The van der Waals surface area contributed by atoms with Gasteiger partial charge < -0.3 is 14.2 Å². The van der Waals surface area contributed by atoms with Crippen molar-refractivity contribution in [3.05, 3.63) is 12.7 Å². The molecule has 0 N–H and O–H groups in total. The van der Waals surface area contributed by atoms with Crippen LogP contribution < -0.4 is 0 Å². The number of fused-ring (bicyclic) bond motifs is 3. The molecular formula is C24H36O6. The van der Waals surface area contributed by atoms with Crippen LogP contribution in [0.2, 0.25) is 0 Å². The summed E-state index contributed by atoms with van der Waals surface area (Å²) in [6, 6.07) is 0. The first kappa shape index (κ1) is 23.0. The van der Waals surface area contributed by atoms with Crippen LogP contribution in [0.3, 0.4) is 0 Å². The number of hydrogen-bond acceptors (Lipinski definition) is 6. The van der Waals surface area contributed by atoms with Gasteiger partial charge in [0.05, 0.1) is 11.5 Å². The molecule has 6 heteroatoms. The molecule has 0 bridgehead atoms. The molecule has 1 aliphatic heterocycles. The van der Waals surface area contributed by atoms with E-state index < -0.39 is 46.7 Å². The second-order valence-corrected chi connectivity index (χ2v) is 10.8. The molecule has 3 aliphatic rings. The molecule has 3 fully saturated rings. The maximum Gasteiger partial charge on any atom is 0.303 e. The molecule has 0 aromatic carbocycles. The zero-order chi connectivity index (χ0) is 22.7. The van der Waals surface area contributed by atoms with Gasteiger partial charge in [-0.15, -0.1) is 6.58 Å². The summed E-state index contributed by atoms with van der Waals surface area (Å²) in [4.78, 5) is 38.0. The first-order valence-corrected chi connectivity index (χ1v) is 10.9. The van der Waals surface area contributed by atoms with Crippen molar-refractivity contribution in [3.8, 4) is 0 Å². The van der Waals surface area contributed by atoms with Crippen LogP contribution in [0.15, 0.2) is 12.7 Å². The predicted octanol–water partition coefficient (Wildman–Crippen LogP) is 4.01. The van der Waals surface area contributed by atoms with Gasteiger partial charge >= 0.3 is 11.9 Å². The van der Waals surface area contributed by atoms with Crippen LogP contribution in [-0.2, 0) is 28.6 Å². The first-order valence-electron chi connectivity index (χ1n) is 10.9. The maximum absolute atomic E-state index is 13.7. The minimum absolute atomic E-state index is 0.0924. The Bertz CT molecular complexity index is 772. The van der Waals surface area contributed by atoms with Crippen LogP contribution in [0.1, 0.15) is 74.1 Å². The molecule has 0 aromatic rings. The average molecular weight is 421 g/mol. The van der Waals surface area contributed by atoms with E-state index in [1.807, 2.05) is 13.8 Å². The summed E-state index contributed by atoms with van der Waals surface area (Å²) in [5.41, 5.74) is -2.67. The van der Waals surface area contributed by atoms with Gasteiger partial charge in [0.2, 0.25) is 0 Å². The molecule has 168 valence electrons. The van der Waals surface area contributed by atoms with Crippen molar-refractivity contribution in [1.82, 2.24) is 0 Å². The lowest BCUT2D eigenvalue weighted by Crippen LogP contribution is -2.76. The molecule has 7 atom stereocenters. The molecule has 2 saturated carbocycles. The van der Waals surface area contributed by atoms with Gasteiger partial charge in [-0.3, -0.25) is 14.4 Å². The normalized spacial score (nSPS) is 45.0. The Morgan fingerprint density at radius 2 is 1.67 bits per heavy atom. The number of esters is 2. The Hall–Kier alpha value is -1.69. The molecule has 0 radical (unpaired) electrons. The van der Waals surface area contributed by atoms with E-state index in [0.29, 0.717) is 0 Å². The van der Waals surface area contributed by atoms with E-state index in [9.17, 15) is 14.4 Å². The highest BCUT2D eigenvalue weighted by Gasteiger charge is 2.72. The van der Waals surface area contributed by atoms with Gasteiger partial charge in [-0.25, -0.2) is 0 Å². The van der Waals surface area contributed by atoms with Crippen molar-refractivity contribution >= 4 is 17.7 Å².